The first-order valence-electron chi connectivity index (χ1n) is 6.94. The zero-order valence-electron chi connectivity index (χ0n) is 12.0. The minimum Gasteiger partial charge on any atom is -0.378 e. The van der Waals surface area contributed by atoms with Gasteiger partial charge in [-0.2, -0.15) is 0 Å². The molecule has 0 spiro atoms. The Hall–Kier alpha value is -1.20. The van der Waals surface area contributed by atoms with E-state index in [0.29, 0.717) is 24.1 Å². The van der Waals surface area contributed by atoms with Crippen LogP contribution in [0.1, 0.15) is 12.5 Å². The molecular formula is C16H15Cl2FN2O. The molecule has 1 aromatic heterocycles. The monoisotopic (exact) mass is 340 g/mol. The zero-order chi connectivity index (χ0) is 15.7. The molecule has 3 nitrogen and oxygen atoms in total. The summed E-state index contributed by atoms with van der Waals surface area (Å²) in [5.74, 6) is -0.457. The van der Waals surface area contributed by atoms with E-state index in [4.69, 9.17) is 27.9 Å². The first kappa shape index (κ1) is 15.7. The fourth-order valence-corrected chi connectivity index (χ4v) is 2.92. The summed E-state index contributed by atoms with van der Waals surface area (Å²) < 4.78 is 18.9. The van der Waals surface area contributed by atoms with Crippen molar-refractivity contribution in [1.82, 2.24) is 10.3 Å². The molecule has 1 aliphatic heterocycles. The maximum absolute atomic E-state index is 13.3. The summed E-state index contributed by atoms with van der Waals surface area (Å²) in [6.45, 7) is 4.07. The number of morpholine rings is 1. The summed E-state index contributed by atoms with van der Waals surface area (Å²) >= 11 is 12.0. The van der Waals surface area contributed by atoms with Crippen molar-refractivity contribution in [3.05, 3.63) is 51.9 Å². The van der Waals surface area contributed by atoms with Crippen molar-refractivity contribution in [2.24, 2.45) is 0 Å². The molecule has 6 heteroatoms. The number of hydrogen-bond acceptors (Lipinski definition) is 3. The first-order valence-corrected chi connectivity index (χ1v) is 7.70. The van der Waals surface area contributed by atoms with Gasteiger partial charge in [-0.15, -0.1) is 0 Å². The quantitative estimate of drug-likeness (QED) is 0.838. The van der Waals surface area contributed by atoms with Gasteiger partial charge >= 0.3 is 0 Å². The van der Waals surface area contributed by atoms with Crippen molar-refractivity contribution in [3.63, 3.8) is 0 Å². The summed E-state index contributed by atoms with van der Waals surface area (Å²) in [7, 11) is 0. The molecule has 1 aromatic carbocycles. The number of benzene rings is 1. The molecule has 1 atom stereocenters. The Bertz CT molecular complexity index is 703. The highest BCUT2D eigenvalue weighted by atomic mass is 35.5. The van der Waals surface area contributed by atoms with Crippen LogP contribution in [0.2, 0.25) is 10.2 Å². The highest BCUT2D eigenvalue weighted by Crippen LogP contribution is 2.30. The van der Waals surface area contributed by atoms with Crippen LogP contribution < -0.4 is 5.32 Å². The van der Waals surface area contributed by atoms with Crippen molar-refractivity contribution in [1.29, 1.82) is 0 Å². The van der Waals surface area contributed by atoms with Crippen molar-refractivity contribution in [3.8, 4) is 11.3 Å². The van der Waals surface area contributed by atoms with Gasteiger partial charge in [-0.3, -0.25) is 0 Å². The average Bonchev–Trinajstić information content (AvgIpc) is 2.50. The normalized spacial score (nSPS) is 21.8. The lowest BCUT2D eigenvalue weighted by atomic mass is 9.91. The van der Waals surface area contributed by atoms with E-state index in [1.165, 1.54) is 6.07 Å². The van der Waals surface area contributed by atoms with E-state index in [1.807, 2.05) is 12.1 Å². The van der Waals surface area contributed by atoms with E-state index in [1.54, 1.807) is 12.1 Å². The number of halogens is 3. The molecule has 0 saturated carbocycles. The molecule has 1 saturated heterocycles. The number of pyridine rings is 1. The molecule has 1 N–H and O–H groups in total. The summed E-state index contributed by atoms with van der Waals surface area (Å²) in [6, 6.07) is 8.25. The molecule has 2 heterocycles. The molecule has 0 amide bonds. The average molecular weight is 341 g/mol. The second kappa shape index (κ2) is 6.13. The lowest BCUT2D eigenvalue weighted by Gasteiger charge is -2.35. The van der Waals surface area contributed by atoms with Crippen LogP contribution in [0.3, 0.4) is 0 Å². The molecular weight excluding hydrogens is 326 g/mol. The standard InChI is InChI=1S/C16H15Cl2FN2O/c1-16(9-22-5-4-20-16)11-7-14(21-15(18)8-11)10-2-3-13(19)12(17)6-10/h2-3,6-8,20H,4-5,9H2,1H3. The molecule has 22 heavy (non-hydrogen) atoms. The minimum atomic E-state index is -0.457. The summed E-state index contributed by atoms with van der Waals surface area (Å²) in [5.41, 5.74) is 2.01. The van der Waals surface area contributed by atoms with Crippen LogP contribution in [0.5, 0.6) is 0 Å². The van der Waals surface area contributed by atoms with E-state index in [2.05, 4.69) is 17.2 Å². The fraction of sp³-hybridized carbons (Fsp3) is 0.312. The van der Waals surface area contributed by atoms with Gasteiger partial charge in [-0.25, -0.2) is 9.37 Å². The van der Waals surface area contributed by atoms with E-state index in [0.717, 1.165) is 17.7 Å². The van der Waals surface area contributed by atoms with E-state index < -0.39 is 5.82 Å². The summed E-state index contributed by atoms with van der Waals surface area (Å²) in [4.78, 5) is 4.32. The largest absolute Gasteiger partial charge is 0.378 e. The van der Waals surface area contributed by atoms with Gasteiger partial charge in [0, 0.05) is 12.1 Å². The van der Waals surface area contributed by atoms with Crippen molar-refractivity contribution >= 4 is 23.2 Å². The molecule has 1 aliphatic rings. The van der Waals surface area contributed by atoms with Gasteiger partial charge in [0.2, 0.25) is 0 Å². The second-order valence-corrected chi connectivity index (χ2v) is 6.30. The first-order chi connectivity index (χ1) is 10.5. The Morgan fingerprint density at radius 3 is 2.77 bits per heavy atom. The van der Waals surface area contributed by atoms with Crippen molar-refractivity contribution < 1.29 is 9.13 Å². The predicted octanol–water partition coefficient (Wildman–Crippen LogP) is 4.03. The lowest BCUT2D eigenvalue weighted by molar-refractivity contribution is 0.0339. The Morgan fingerprint density at radius 1 is 1.27 bits per heavy atom. The molecule has 0 radical (unpaired) electrons. The molecule has 116 valence electrons. The minimum absolute atomic E-state index is 0.0613. The summed E-state index contributed by atoms with van der Waals surface area (Å²) in [6.07, 6.45) is 0. The van der Waals surface area contributed by atoms with Crippen LogP contribution in [0.4, 0.5) is 4.39 Å². The molecule has 1 unspecified atom stereocenters. The maximum Gasteiger partial charge on any atom is 0.141 e. The number of aromatic nitrogens is 1. The second-order valence-electron chi connectivity index (χ2n) is 5.50. The van der Waals surface area contributed by atoms with Gasteiger partial charge in [0.05, 0.1) is 29.5 Å². The lowest BCUT2D eigenvalue weighted by Crippen LogP contribution is -2.49. The van der Waals surface area contributed by atoms with Crippen molar-refractivity contribution in [2.75, 3.05) is 19.8 Å². The van der Waals surface area contributed by atoms with Crippen LogP contribution in [0, 0.1) is 5.82 Å². The smallest absolute Gasteiger partial charge is 0.141 e. The van der Waals surface area contributed by atoms with Crippen LogP contribution in [-0.4, -0.2) is 24.7 Å². The molecule has 1 fully saturated rings. The van der Waals surface area contributed by atoms with E-state index >= 15 is 0 Å². The fourth-order valence-electron chi connectivity index (χ4n) is 2.53. The Balaban J connectivity index is 2.04. The van der Waals surface area contributed by atoms with Gasteiger partial charge in [0.25, 0.3) is 0 Å². The van der Waals surface area contributed by atoms with Crippen LogP contribution in [0.15, 0.2) is 30.3 Å². The third kappa shape index (κ3) is 3.10. The number of nitrogens with zero attached hydrogens (tertiary/aromatic N) is 1. The predicted molar refractivity (Wildman–Crippen MR) is 85.8 cm³/mol. The Kier molecular flexibility index (Phi) is 4.37. The number of nitrogens with one attached hydrogen (secondary N) is 1. The van der Waals surface area contributed by atoms with Crippen LogP contribution >= 0.6 is 23.2 Å². The number of ether oxygens (including phenoxy) is 1. The zero-order valence-corrected chi connectivity index (χ0v) is 13.5. The van der Waals surface area contributed by atoms with Gasteiger partial charge in [-0.05, 0) is 42.8 Å². The third-order valence-corrected chi connectivity index (χ3v) is 4.28. The maximum atomic E-state index is 13.3. The Labute approximate surface area is 138 Å². The number of rotatable bonds is 2. The van der Waals surface area contributed by atoms with Crippen LogP contribution in [-0.2, 0) is 10.3 Å². The van der Waals surface area contributed by atoms with Gasteiger partial charge in [0.15, 0.2) is 0 Å². The number of hydrogen-bond donors (Lipinski definition) is 1. The highest BCUT2D eigenvalue weighted by molar-refractivity contribution is 6.31. The molecule has 0 bridgehead atoms. The van der Waals surface area contributed by atoms with Gasteiger partial charge in [-0.1, -0.05) is 23.2 Å². The third-order valence-electron chi connectivity index (χ3n) is 3.80. The summed E-state index contributed by atoms with van der Waals surface area (Å²) in [5, 5.41) is 3.88. The topological polar surface area (TPSA) is 34.1 Å². The highest BCUT2D eigenvalue weighted by Gasteiger charge is 2.30. The molecule has 3 rings (SSSR count). The van der Waals surface area contributed by atoms with Gasteiger partial charge < -0.3 is 10.1 Å². The van der Waals surface area contributed by atoms with E-state index in [9.17, 15) is 4.39 Å². The molecule has 2 aromatic rings. The SMILES string of the molecule is CC1(c2cc(Cl)nc(-c3ccc(F)c(Cl)c3)c2)COCCN1. The Morgan fingerprint density at radius 2 is 2.09 bits per heavy atom. The van der Waals surface area contributed by atoms with E-state index in [-0.39, 0.29) is 10.6 Å². The van der Waals surface area contributed by atoms with Crippen LogP contribution in [0.25, 0.3) is 11.3 Å². The van der Waals surface area contributed by atoms with Gasteiger partial charge in [0.1, 0.15) is 11.0 Å². The van der Waals surface area contributed by atoms with Crippen molar-refractivity contribution in [2.45, 2.75) is 12.5 Å². The molecule has 0 aliphatic carbocycles.